The third-order valence-corrected chi connectivity index (χ3v) is 5.31. The summed E-state index contributed by atoms with van der Waals surface area (Å²) in [5.74, 6) is 0. The Morgan fingerprint density at radius 1 is 1.13 bits per heavy atom. The fourth-order valence-electron chi connectivity index (χ4n) is 2.82. The van der Waals surface area contributed by atoms with Gasteiger partial charge in [0.2, 0.25) is 0 Å². The van der Waals surface area contributed by atoms with Crippen LogP contribution in [-0.2, 0) is 0 Å². The van der Waals surface area contributed by atoms with Gasteiger partial charge in [-0.15, -0.1) is 11.8 Å². The predicted molar refractivity (Wildman–Crippen MR) is 66.6 cm³/mol. The van der Waals surface area contributed by atoms with Gasteiger partial charge in [-0.3, -0.25) is 0 Å². The van der Waals surface area contributed by atoms with Gasteiger partial charge in [0.1, 0.15) is 0 Å². The second kappa shape index (κ2) is 3.58. The van der Waals surface area contributed by atoms with Crippen molar-refractivity contribution in [3.8, 4) is 0 Å². The zero-order valence-electron chi connectivity index (χ0n) is 9.68. The molecule has 3 aliphatic rings. The van der Waals surface area contributed by atoms with Crippen LogP contribution in [0.25, 0.3) is 0 Å². The number of hydrogen-bond acceptors (Lipinski definition) is 2. The van der Waals surface area contributed by atoms with Crippen molar-refractivity contribution in [3.63, 3.8) is 0 Å². The van der Waals surface area contributed by atoms with E-state index < -0.39 is 0 Å². The van der Waals surface area contributed by atoms with Crippen LogP contribution in [0.15, 0.2) is 21.7 Å². The van der Waals surface area contributed by atoms with Gasteiger partial charge < -0.3 is 4.90 Å². The Kier molecular flexibility index (Phi) is 2.35. The number of rotatable bonds is 0. The lowest BCUT2D eigenvalue weighted by atomic mass is 9.82. The Balaban J connectivity index is 2.00. The largest absolute Gasteiger partial charge is 0.362 e. The molecular formula is C13H19NS. The highest BCUT2D eigenvalue weighted by atomic mass is 32.2. The van der Waals surface area contributed by atoms with E-state index in [-0.39, 0.29) is 0 Å². The summed E-state index contributed by atoms with van der Waals surface area (Å²) in [6, 6.07) is 0. The Hall–Kier alpha value is -0.370. The predicted octanol–water partition coefficient (Wildman–Crippen LogP) is 3.89. The average Bonchev–Trinajstić information content (AvgIpc) is 2.41. The first kappa shape index (κ1) is 9.83. The first-order valence-electron chi connectivity index (χ1n) is 6.11. The smallest absolute Gasteiger partial charge is 0.0763 e. The molecule has 0 amide bonds. The molecule has 3 rings (SSSR count). The summed E-state index contributed by atoms with van der Waals surface area (Å²) in [7, 11) is 2.27. The van der Waals surface area contributed by atoms with Crippen LogP contribution in [0.3, 0.4) is 0 Å². The molecule has 0 bridgehead atoms. The van der Waals surface area contributed by atoms with Gasteiger partial charge in [0.25, 0.3) is 0 Å². The molecule has 0 spiro atoms. The lowest BCUT2D eigenvalue weighted by Crippen LogP contribution is -2.23. The third-order valence-electron chi connectivity index (χ3n) is 3.98. The second-order valence-corrected chi connectivity index (χ2v) is 6.30. The molecule has 1 aliphatic heterocycles. The molecule has 0 radical (unpaired) electrons. The van der Waals surface area contributed by atoms with Crippen molar-refractivity contribution in [2.24, 2.45) is 0 Å². The van der Waals surface area contributed by atoms with Gasteiger partial charge in [-0.1, -0.05) is 5.57 Å². The van der Waals surface area contributed by atoms with Gasteiger partial charge in [0, 0.05) is 12.0 Å². The maximum absolute atomic E-state index is 2.50. The lowest BCUT2D eigenvalue weighted by molar-refractivity contribution is 0.415. The summed E-state index contributed by atoms with van der Waals surface area (Å²) in [6.07, 6.45) is 8.22. The maximum atomic E-state index is 2.50. The molecule has 15 heavy (non-hydrogen) atoms. The summed E-state index contributed by atoms with van der Waals surface area (Å²) < 4.78 is 0. The van der Waals surface area contributed by atoms with Crippen molar-refractivity contribution in [3.05, 3.63) is 21.7 Å². The molecule has 0 saturated heterocycles. The minimum Gasteiger partial charge on any atom is -0.362 e. The van der Waals surface area contributed by atoms with Crippen molar-refractivity contribution in [1.82, 2.24) is 4.90 Å². The summed E-state index contributed by atoms with van der Waals surface area (Å²) in [4.78, 5) is 4.17. The van der Waals surface area contributed by atoms with Crippen molar-refractivity contribution < 1.29 is 0 Å². The van der Waals surface area contributed by atoms with E-state index in [1.54, 1.807) is 21.7 Å². The summed E-state index contributed by atoms with van der Waals surface area (Å²) >= 11 is 2.08. The van der Waals surface area contributed by atoms with E-state index in [0.717, 1.165) is 0 Å². The first-order chi connectivity index (χ1) is 7.27. The van der Waals surface area contributed by atoms with Crippen molar-refractivity contribution >= 4 is 11.8 Å². The third kappa shape index (κ3) is 1.45. The zero-order valence-corrected chi connectivity index (χ0v) is 10.5. The highest BCUT2D eigenvalue weighted by molar-refractivity contribution is 8.03. The minimum atomic E-state index is 0.656. The summed E-state index contributed by atoms with van der Waals surface area (Å²) in [5.41, 5.74) is 5.11. The van der Waals surface area contributed by atoms with E-state index >= 15 is 0 Å². The molecule has 2 aliphatic carbocycles. The highest BCUT2D eigenvalue weighted by Gasteiger charge is 2.33. The normalized spacial score (nSPS) is 30.8. The molecule has 1 saturated carbocycles. The first-order valence-corrected chi connectivity index (χ1v) is 6.99. The molecular weight excluding hydrogens is 202 g/mol. The molecule has 1 heterocycles. The second-order valence-electron chi connectivity index (χ2n) is 4.89. The van der Waals surface area contributed by atoms with E-state index in [1.807, 2.05) is 0 Å². The van der Waals surface area contributed by atoms with Crippen molar-refractivity contribution in [1.29, 1.82) is 0 Å². The Bertz CT molecular complexity index is 348. The Labute approximate surface area is 96.6 Å². The molecule has 0 N–H and O–H groups in total. The Morgan fingerprint density at radius 2 is 1.87 bits per heavy atom. The standard InChI is InChI=1S/C13H19NS/c1-9-14(2)13-11(10-5-3-6-10)7-4-8-12(13)15-9/h9H,3-8H2,1-2H3. The van der Waals surface area contributed by atoms with Crippen LogP contribution in [0, 0.1) is 0 Å². The van der Waals surface area contributed by atoms with Gasteiger partial charge in [-0.2, -0.15) is 0 Å². The number of thioether (sulfide) groups is 1. The summed E-state index contributed by atoms with van der Waals surface area (Å²) in [6.45, 7) is 2.33. The topological polar surface area (TPSA) is 3.24 Å². The lowest BCUT2D eigenvalue weighted by Gasteiger charge is -2.30. The van der Waals surface area contributed by atoms with E-state index in [2.05, 4.69) is 30.6 Å². The van der Waals surface area contributed by atoms with E-state index in [4.69, 9.17) is 0 Å². The van der Waals surface area contributed by atoms with Crippen molar-refractivity contribution in [2.75, 3.05) is 7.05 Å². The van der Waals surface area contributed by atoms with E-state index in [9.17, 15) is 0 Å². The summed E-state index contributed by atoms with van der Waals surface area (Å²) in [5, 5.41) is 0.656. The monoisotopic (exact) mass is 221 g/mol. The molecule has 2 heteroatoms. The fourth-order valence-corrected chi connectivity index (χ4v) is 4.14. The van der Waals surface area contributed by atoms with Crippen LogP contribution in [0.1, 0.15) is 45.4 Å². The van der Waals surface area contributed by atoms with Gasteiger partial charge in [0.15, 0.2) is 0 Å². The molecule has 1 nitrogen and oxygen atoms in total. The van der Waals surface area contributed by atoms with Gasteiger partial charge >= 0.3 is 0 Å². The van der Waals surface area contributed by atoms with E-state index in [1.165, 1.54) is 38.5 Å². The molecule has 1 unspecified atom stereocenters. The SMILES string of the molecule is CC1SC2=C(C(=C3CCC3)CCC2)N1C. The average molecular weight is 221 g/mol. The molecule has 0 aromatic rings. The molecule has 0 aromatic carbocycles. The zero-order chi connectivity index (χ0) is 10.4. The molecule has 1 fully saturated rings. The van der Waals surface area contributed by atoms with E-state index in [0.29, 0.717) is 5.37 Å². The van der Waals surface area contributed by atoms with Gasteiger partial charge in [-0.05, 0) is 51.0 Å². The fraction of sp³-hybridized carbons (Fsp3) is 0.692. The number of hydrogen-bond donors (Lipinski definition) is 0. The van der Waals surface area contributed by atoms with Gasteiger partial charge in [0.05, 0.1) is 11.1 Å². The molecule has 0 aromatic heterocycles. The van der Waals surface area contributed by atoms with Crippen molar-refractivity contribution in [2.45, 2.75) is 50.8 Å². The quantitative estimate of drug-likeness (QED) is 0.610. The van der Waals surface area contributed by atoms with Crippen LogP contribution in [0.4, 0.5) is 0 Å². The Morgan fingerprint density at radius 3 is 2.53 bits per heavy atom. The van der Waals surface area contributed by atoms with Crippen LogP contribution in [-0.4, -0.2) is 17.3 Å². The minimum absolute atomic E-state index is 0.656. The van der Waals surface area contributed by atoms with Crippen LogP contribution < -0.4 is 0 Å². The number of allylic oxidation sites excluding steroid dienone is 3. The van der Waals surface area contributed by atoms with Crippen LogP contribution in [0.5, 0.6) is 0 Å². The molecule has 82 valence electrons. The highest BCUT2D eigenvalue weighted by Crippen LogP contribution is 2.49. The molecule has 1 atom stereocenters. The van der Waals surface area contributed by atoms with Crippen LogP contribution >= 0.6 is 11.8 Å². The maximum Gasteiger partial charge on any atom is 0.0763 e. The van der Waals surface area contributed by atoms with Crippen LogP contribution in [0.2, 0.25) is 0 Å². The number of likely N-dealkylation sites (N-methyl/N-ethyl adjacent to an activating group) is 1. The van der Waals surface area contributed by atoms with Gasteiger partial charge in [-0.25, -0.2) is 0 Å². The number of nitrogens with zero attached hydrogens (tertiary/aromatic N) is 1.